The van der Waals surface area contributed by atoms with E-state index in [4.69, 9.17) is 15.6 Å². The number of nitrogens with one attached hydrogen (secondary N) is 1. The van der Waals surface area contributed by atoms with Crippen LogP contribution in [0.5, 0.6) is 0 Å². The lowest BCUT2D eigenvalue weighted by atomic mass is 10.1. The second-order valence-corrected chi connectivity index (χ2v) is 9.33. The first-order chi connectivity index (χ1) is 17.9. The van der Waals surface area contributed by atoms with E-state index in [2.05, 4.69) is 51.2 Å². The number of Topliss-reactive ketones (excluding diaryl/α,β-unsaturated/α-hetero) is 1. The van der Waals surface area contributed by atoms with Crippen LogP contribution in [0.1, 0.15) is 18.1 Å². The molecular weight excluding hydrogens is 470 g/mol. The molecule has 9 nitrogen and oxygen atoms in total. The number of morpholine rings is 1. The fourth-order valence-corrected chi connectivity index (χ4v) is 4.47. The summed E-state index contributed by atoms with van der Waals surface area (Å²) in [5.41, 5.74) is 9.99. The first-order valence-electron chi connectivity index (χ1n) is 12.7. The second kappa shape index (κ2) is 12.6. The quantitative estimate of drug-likeness (QED) is 0.503. The van der Waals surface area contributed by atoms with Gasteiger partial charge in [0, 0.05) is 67.8 Å². The Bertz CT molecular complexity index is 1110. The zero-order chi connectivity index (χ0) is 26.2. The highest BCUT2D eigenvalue weighted by Gasteiger charge is 2.28. The van der Waals surface area contributed by atoms with Crippen LogP contribution in [-0.4, -0.2) is 93.0 Å². The molecule has 37 heavy (non-hydrogen) atoms. The van der Waals surface area contributed by atoms with Gasteiger partial charge in [-0.3, -0.25) is 4.79 Å². The number of carbonyl (C=O) groups is 2. The SMILES string of the molecule is C[C@H](N)[C@@H](NC(=O)N1CCN(c2ccc(C#Cc3ccc(N4CCOCC4)cc3)cc2)CC1)C(=O)CO. The third-order valence-corrected chi connectivity index (χ3v) is 6.70. The molecule has 2 heterocycles. The van der Waals surface area contributed by atoms with Crippen molar-refractivity contribution in [2.75, 3.05) is 68.9 Å². The third kappa shape index (κ3) is 7.01. The molecule has 2 fully saturated rings. The van der Waals surface area contributed by atoms with Crippen LogP contribution < -0.4 is 20.9 Å². The molecule has 0 saturated carbocycles. The van der Waals surface area contributed by atoms with Crippen LogP contribution in [0.2, 0.25) is 0 Å². The molecule has 9 heteroatoms. The van der Waals surface area contributed by atoms with Crippen molar-refractivity contribution in [3.05, 3.63) is 59.7 Å². The number of amides is 2. The number of ether oxygens (including phenoxy) is 1. The van der Waals surface area contributed by atoms with Gasteiger partial charge in [0.25, 0.3) is 0 Å². The van der Waals surface area contributed by atoms with E-state index in [1.54, 1.807) is 11.8 Å². The predicted octanol–water partition coefficient (Wildman–Crippen LogP) is 1.03. The van der Waals surface area contributed by atoms with Gasteiger partial charge in [-0.2, -0.15) is 0 Å². The standard InChI is InChI=1S/C28H35N5O4/c1-21(29)27(26(35)20-34)30-28(36)33-14-12-31(13-15-33)24-8-4-22(5-9-24)2-3-23-6-10-25(11-7-23)32-16-18-37-19-17-32/h4-11,21,27,34H,12-20,29H2,1H3,(H,30,36)/t21-,27+/m0/s1. The Kier molecular flexibility index (Phi) is 9.01. The molecule has 2 aliphatic rings. The summed E-state index contributed by atoms with van der Waals surface area (Å²) in [5.74, 6) is 5.98. The predicted molar refractivity (Wildman–Crippen MR) is 144 cm³/mol. The van der Waals surface area contributed by atoms with Gasteiger partial charge in [0.15, 0.2) is 5.78 Å². The summed E-state index contributed by atoms with van der Waals surface area (Å²) in [7, 11) is 0. The molecule has 2 atom stereocenters. The lowest BCUT2D eigenvalue weighted by Crippen LogP contribution is -2.58. The van der Waals surface area contributed by atoms with E-state index >= 15 is 0 Å². The van der Waals surface area contributed by atoms with E-state index in [9.17, 15) is 9.59 Å². The van der Waals surface area contributed by atoms with Crippen molar-refractivity contribution in [3.8, 4) is 11.8 Å². The number of anilines is 2. The number of rotatable bonds is 6. The summed E-state index contributed by atoms with van der Waals surface area (Å²) < 4.78 is 5.42. The van der Waals surface area contributed by atoms with Gasteiger partial charge in [0.1, 0.15) is 12.6 Å². The third-order valence-electron chi connectivity index (χ3n) is 6.70. The van der Waals surface area contributed by atoms with Crippen LogP contribution in [0.4, 0.5) is 16.2 Å². The van der Waals surface area contributed by atoms with Crippen molar-refractivity contribution in [1.29, 1.82) is 0 Å². The van der Waals surface area contributed by atoms with Crippen molar-refractivity contribution in [2.24, 2.45) is 5.73 Å². The molecule has 2 saturated heterocycles. The van der Waals surface area contributed by atoms with Crippen LogP contribution in [0.25, 0.3) is 0 Å². The van der Waals surface area contributed by atoms with Crippen LogP contribution in [0, 0.1) is 11.8 Å². The Labute approximate surface area is 218 Å². The maximum Gasteiger partial charge on any atom is 0.318 e. The number of hydrogen-bond acceptors (Lipinski definition) is 7. The summed E-state index contributed by atoms with van der Waals surface area (Å²) >= 11 is 0. The number of aliphatic hydroxyl groups excluding tert-OH is 1. The number of ketones is 1. The van der Waals surface area contributed by atoms with Gasteiger partial charge in [0.05, 0.1) is 13.2 Å². The van der Waals surface area contributed by atoms with E-state index in [1.807, 2.05) is 24.3 Å². The molecule has 0 aliphatic carbocycles. The van der Waals surface area contributed by atoms with Gasteiger partial charge >= 0.3 is 6.03 Å². The van der Waals surface area contributed by atoms with Crippen molar-refractivity contribution < 1.29 is 19.4 Å². The molecule has 196 valence electrons. The summed E-state index contributed by atoms with van der Waals surface area (Å²) in [6.45, 7) is 6.73. The molecule has 2 aliphatic heterocycles. The highest BCUT2D eigenvalue weighted by Crippen LogP contribution is 2.18. The number of nitrogens with two attached hydrogens (primary N) is 1. The number of carbonyl (C=O) groups excluding carboxylic acids is 2. The van der Waals surface area contributed by atoms with Crippen molar-refractivity contribution in [1.82, 2.24) is 10.2 Å². The first-order valence-corrected chi connectivity index (χ1v) is 12.7. The fourth-order valence-electron chi connectivity index (χ4n) is 4.47. The zero-order valence-electron chi connectivity index (χ0n) is 21.2. The molecule has 0 unspecified atom stereocenters. The zero-order valence-corrected chi connectivity index (χ0v) is 21.2. The fraction of sp³-hybridized carbons (Fsp3) is 0.429. The minimum absolute atomic E-state index is 0.340. The van der Waals surface area contributed by atoms with Crippen molar-refractivity contribution in [2.45, 2.75) is 19.0 Å². The molecule has 2 aromatic rings. The van der Waals surface area contributed by atoms with Gasteiger partial charge in [-0.05, 0) is 55.5 Å². The molecule has 2 amide bonds. The first kappa shape index (κ1) is 26.5. The summed E-state index contributed by atoms with van der Waals surface area (Å²) in [6.07, 6.45) is 0. The normalized spacial score (nSPS) is 17.4. The molecule has 2 aromatic carbocycles. The average Bonchev–Trinajstić information content (AvgIpc) is 2.95. The minimum Gasteiger partial charge on any atom is -0.388 e. The summed E-state index contributed by atoms with van der Waals surface area (Å²) in [4.78, 5) is 30.6. The van der Waals surface area contributed by atoms with Gasteiger partial charge in [-0.25, -0.2) is 4.79 Å². The van der Waals surface area contributed by atoms with E-state index in [-0.39, 0.29) is 6.03 Å². The van der Waals surface area contributed by atoms with E-state index in [0.29, 0.717) is 26.2 Å². The van der Waals surface area contributed by atoms with Gasteiger partial charge in [-0.1, -0.05) is 11.8 Å². The maximum atomic E-state index is 12.6. The Balaban J connectivity index is 1.28. The lowest BCUT2D eigenvalue weighted by molar-refractivity contribution is -0.123. The van der Waals surface area contributed by atoms with Crippen molar-refractivity contribution in [3.63, 3.8) is 0 Å². The molecule has 0 bridgehead atoms. The topological polar surface area (TPSA) is 111 Å². The monoisotopic (exact) mass is 505 g/mol. The Morgan fingerprint density at radius 3 is 1.84 bits per heavy atom. The smallest absolute Gasteiger partial charge is 0.318 e. The van der Waals surface area contributed by atoms with E-state index < -0.39 is 24.5 Å². The number of hydrogen-bond donors (Lipinski definition) is 3. The van der Waals surface area contributed by atoms with E-state index in [0.717, 1.165) is 43.1 Å². The van der Waals surface area contributed by atoms with Crippen LogP contribution in [0.15, 0.2) is 48.5 Å². The van der Waals surface area contributed by atoms with E-state index in [1.165, 1.54) is 5.69 Å². The van der Waals surface area contributed by atoms with Gasteiger partial charge < -0.3 is 35.6 Å². The number of aliphatic hydroxyl groups is 1. The molecule has 0 radical (unpaired) electrons. The van der Waals surface area contributed by atoms with Gasteiger partial charge in [-0.15, -0.1) is 0 Å². The Morgan fingerprint density at radius 2 is 1.38 bits per heavy atom. The molecule has 0 spiro atoms. The van der Waals surface area contributed by atoms with Crippen LogP contribution in [-0.2, 0) is 9.53 Å². The maximum absolute atomic E-state index is 12.6. The minimum atomic E-state index is -0.896. The number of nitrogens with zero attached hydrogens (tertiary/aromatic N) is 3. The van der Waals surface area contributed by atoms with Crippen LogP contribution in [0.3, 0.4) is 0 Å². The number of urea groups is 1. The highest BCUT2D eigenvalue weighted by atomic mass is 16.5. The highest BCUT2D eigenvalue weighted by molar-refractivity contribution is 5.90. The van der Waals surface area contributed by atoms with Crippen LogP contribution >= 0.6 is 0 Å². The molecule has 0 aromatic heterocycles. The largest absolute Gasteiger partial charge is 0.388 e. The summed E-state index contributed by atoms with van der Waals surface area (Å²) in [6, 6.07) is 14.6. The Hall–Kier alpha value is -3.58. The lowest BCUT2D eigenvalue weighted by Gasteiger charge is -2.37. The molecular formula is C28H35N5O4. The second-order valence-electron chi connectivity index (χ2n) is 9.33. The number of piperazine rings is 1. The van der Waals surface area contributed by atoms with Gasteiger partial charge in [0.2, 0.25) is 0 Å². The summed E-state index contributed by atoms with van der Waals surface area (Å²) in [5, 5.41) is 11.8. The van der Waals surface area contributed by atoms with Crippen molar-refractivity contribution >= 4 is 23.2 Å². The molecule has 4 rings (SSSR count). The average molecular weight is 506 g/mol. The Morgan fingerprint density at radius 1 is 0.892 bits per heavy atom. The number of benzene rings is 2. The molecule has 4 N–H and O–H groups in total.